The zero-order valence-electron chi connectivity index (χ0n) is 15.2. The molecule has 0 radical (unpaired) electrons. The summed E-state index contributed by atoms with van der Waals surface area (Å²) in [6.07, 6.45) is 0. The highest BCUT2D eigenvalue weighted by Crippen LogP contribution is 2.45. The summed E-state index contributed by atoms with van der Waals surface area (Å²) in [6, 6.07) is 25.3. The van der Waals surface area contributed by atoms with Crippen LogP contribution in [0.1, 0.15) is 0 Å². The van der Waals surface area contributed by atoms with Gasteiger partial charge in [0.05, 0.1) is 5.52 Å². The van der Waals surface area contributed by atoms with Crippen LogP contribution in [0, 0.1) is 0 Å². The first-order valence-corrected chi connectivity index (χ1v) is 9.79. The summed E-state index contributed by atoms with van der Waals surface area (Å²) in [6.45, 7) is 0. The molecule has 0 saturated carbocycles. The van der Waals surface area contributed by atoms with E-state index in [-0.39, 0.29) is 0 Å². The van der Waals surface area contributed by atoms with E-state index in [0.717, 1.165) is 54.9 Å². The van der Waals surface area contributed by atoms with Crippen molar-refractivity contribution in [2.75, 3.05) is 0 Å². The number of H-pyrrole nitrogens is 1. The van der Waals surface area contributed by atoms with Crippen LogP contribution < -0.4 is 0 Å². The lowest BCUT2D eigenvalue weighted by Gasteiger charge is -2.04. The normalized spacial score (nSPS) is 12.8. The van der Waals surface area contributed by atoms with Crippen LogP contribution in [0.25, 0.3) is 76.5 Å². The summed E-state index contributed by atoms with van der Waals surface area (Å²) in [4.78, 5) is 3.64. The zero-order chi connectivity index (χ0) is 18.7. The van der Waals surface area contributed by atoms with E-state index in [9.17, 15) is 0 Å². The first kappa shape index (κ1) is 14.1. The van der Waals surface area contributed by atoms with Crippen molar-refractivity contribution in [1.82, 2.24) is 4.98 Å². The van der Waals surface area contributed by atoms with Gasteiger partial charge in [0.1, 0.15) is 22.3 Å². The van der Waals surface area contributed by atoms with Gasteiger partial charge in [-0.3, -0.25) is 0 Å². The Morgan fingerprint density at radius 1 is 0.483 bits per heavy atom. The first-order valence-electron chi connectivity index (χ1n) is 9.79. The van der Waals surface area contributed by atoms with Crippen molar-refractivity contribution >= 4 is 76.5 Å². The second-order valence-corrected chi connectivity index (χ2v) is 7.83. The number of para-hydroxylation sites is 2. The van der Waals surface area contributed by atoms with Crippen LogP contribution in [-0.4, -0.2) is 4.98 Å². The number of fused-ring (bicyclic) bond motifs is 8. The monoisotopic (exact) mass is 371 g/mol. The number of benzene rings is 5. The summed E-state index contributed by atoms with van der Waals surface area (Å²) in [7, 11) is 0. The SMILES string of the molecule is c1ccc2c(c1)oc1c2cc2[nH]c3cc4oc5ccccc5c4c4ccc1c2c34. The Morgan fingerprint density at radius 3 is 2.07 bits per heavy atom. The minimum Gasteiger partial charge on any atom is -0.456 e. The predicted octanol–water partition coefficient (Wildman–Crippen LogP) is 7.71. The number of aromatic nitrogens is 1. The second kappa shape index (κ2) is 4.53. The molecule has 0 saturated heterocycles. The largest absolute Gasteiger partial charge is 0.456 e. The highest BCUT2D eigenvalue weighted by Gasteiger charge is 2.20. The quantitative estimate of drug-likeness (QED) is 0.277. The zero-order valence-corrected chi connectivity index (χ0v) is 15.2. The molecule has 0 spiro atoms. The lowest BCUT2D eigenvalue weighted by atomic mass is 9.97. The van der Waals surface area contributed by atoms with Crippen molar-refractivity contribution in [2.24, 2.45) is 0 Å². The van der Waals surface area contributed by atoms with Gasteiger partial charge in [0.25, 0.3) is 0 Å². The van der Waals surface area contributed by atoms with E-state index >= 15 is 0 Å². The molecule has 0 aliphatic rings. The molecule has 3 heteroatoms. The Morgan fingerprint density at radius 2 is 1.17 bits per heavy atom. The molecule has 0 bridgehead atoms. The summed E-state index contributed by atoms with van der Waals surface area (Å²) in [5.74, 6) is 0. The Kier molecular flexibility index (Phi) is 2.20. The first-order chi connectivity index (χ1) is 14.4. The molecule has 0 unspecified atom stereocenters. The third-order valence-corrected chi connectivity index (χ3v) is 6.35. The predicted molar refractivity (Wildman–Crippen MR) is 119 cm³/mol. The third-order valence-electron chi connectivity index (χ3n) is 6.35. The number of hydrogen-bond donors (Lipinski definition) is 1. The lowest BCUT2D eigenvalue weighted by Crippen LogP contribution is -1.78. The lowest BCUT2D eigenvalue weighted by molar-refractivity contribution is 0.669. The maximum atomic E-state index is 6.29. The summed E-state index contributed by atoms with van der Waals surface area (Å²) in [5.41, 5.74) is 5.97. The van der Waals surface area contributed by atoms with Gasteiger partial charge in [-0.15, -0.1) is 0 Å². The van der Waals surface area contributed by atoms with E-state index in [1.54, 1.807) is 0 Å². The van der Waals surface area contributed by atoms with Gasteiger partial charge in [0, 0.05) is 49.3 Å². The van der Waals surface area contributed by atoms with Crippen LogP contribution in [0.4, 0.5) is 0 Å². The molecule has 29 heavy (non-hydrogen) atoms. The topological polar surface area (TPSA) is 42.1 Å². The molecule has 5 aromatic carbocycles. The number of hydrogen-bond acceptors (Lipinski definition) is 2. The molecule has 3 aromatic heterocycles. The number of furan rings is 2. The molecule has 8 rings (SSSR count). The van der Waals surface area contributed by atoms with Crippen molar-refractivity contribution in [1.29, 1.82) is 0 Å². The maximum absolute atomic E-state index is 6.29. The fourth-order valence-corrected chi connectivity index (χ4v) is 5.17. The summed E-state index contributed by atoms with van der Waals surface area (Å²) < 4.78 is 12.5. The standard InChI is InChI=1S/C26H13NO2/c1-3-7-20-13(5-1)17-11-18-25-16(26(17)29-20)10-9-15-23-14-6-2-4-8-21(14)28-22(23)12-19(27-18)24(15)25/h1-12,27H. The molecule has 134 valence electrons. The van der Waals surface area contributed by atoms with Crippen LogP contribution >= 0.6 is 0 Å². The van der Waals surface area contributed by atoms with Gasteiger partial charge in [-0.05, 0) is 29.7 Å². The molecule has 3 heterocycles. The third kappa shape index (κ3) is 1.54. The van der Waals surface area contributed by atoms with Crippen LogP contribution in [0.3, 0.4) is 0 Å². The van der Waals surface area contributed by atoms with Gasteiger partial charge in [-0.1, -0.05) is 42.5 Å². The van der Waals surface area contributed by atoms with E-state index in [1.807, 2.05) is 24.3 Å². The van der Waals surface area contributed by atoms with E-state index in [1.165, 1.54) is 21.5 Å². The van der Waals surface area contributed by atoms with E-state index < -0.39 is 0 Å². The minimum absolute atomic E-state index is 0.919. The van der Waals surface area contributed by atoms with Gasteiger partial charge in [0.15, 0.2) is 0 Å². The molecule has 0 atom stereocenters. The van der Waals surface area contributed by atoms with Crippen molar-refractivity contribution < 1.29 is 8.83 Å². The molecular weight excluding hydrogens is 358 g/mol. The van der Waals surface area contributed by atoms with E-state index in [0.29, 0.717) is 0 Å². The van der Waals surface area contributed by atoms with Gasteiger partial charge in [-0.25, -0.2) is 0 Å². The Hall–Kier alpha value is -3.98. The fraction of sp³-hybridized carbons (Fsp3) is 0. The van der Waals surface area contributed by atoms with Crippen LogP contribution in [-0.2, 0) is 0 Å². The molecule has 0 fully saturated rings. The average Bonchev–Trinajstić information content (AvgIpc) is 3.42. The Balaban J connectivity index is 1.68. The molecule has 3 nitrogen and oxygen atoms in total. The van der Waals surface area contributed by atoms with Gasteiger partial charge < -0.3 is 13.8 Å². The van der Waals surface area contributed by atoms with Gasteiger partial charge >= 0.3 is 0 Å². The Bertz CT molecular complexity index is 1910. The van der Waals surface area contributed by atoms with Crippen molar-refractivity contribution in [2.45, 2.75) is 0 Å². The highest BCUT2D eigenvalue weighted by atomic mass is 16.3. The molecule has 8 aromatic rings. The van der Waals surface area contributed by atoms with Crippen molar-refractivity contribution in [3.05, 3.63) is 72.8 Å². The van der Waals surface area contributed by atoms with Crippen molar-refractivity contribution in [3.8, 4) is 0 Å². The maximum Gasteiger partial charge on any atom is 0.143 e. The molecule has 0 amide bonds. The fourth-order valence-electron chi connectivity index (χ4n) is 5.17. The van der Waals surface area contributed by atoms with Crippen molar-refractivity contribution in [3.63, 3.8) is 0 Å². The molecule has 0 aliphatic carbocycles. The van der Waals surface area contributed by atoms with E-state index in [2.05, 4.69) is 53.5 Å². The van der Waals surface area contributed by atoms with Crippen LogP contribution in [0.15, 0.2) is 81.6 Å². The highest BCUT2D eigenvalue weighted by molar-refractivity contribution is 6.35. The van der Waals surface area contributed by atoms with Gasteiger partial charge in [-0.2, -0.15) is 0 Å². The number of rotatable bonds is 0. The van der Waals surface area contributed by atoms with Gasteiger partial charge in [0.2, 0.25) is 0 Å². The van der Waals surface area contributed by atoms with Crippen LogP contribution in [0.2, 0.25) is 0 Å². The number of nitrogens with one attached hydrogen (secondary N) is 1. The average molecular weight is 371 g/mol. The van der Waals surface area contributed by atoms with E-state index in [4.69, 9.17) is 8.83 Å². The Labute approximate surface area is 163 Å². The van der Waals surface area contributed by atoms with Crippen LogP contribution in [0.5, 0.6) is 0 Å². The second-order valence-electron chi connectivity index (χ2n) is 7.83. The molecule has 0 aliphatic heterocycles. The summed E-state index contributed by atoms with van der Waals surface area (Å²) >= 11 is 0. The number of aromatic amines is 1. The molecule has 1 N–H and O–H groups in total. The molecular formula is C26H13NO2. The summed E-state index contributed by atoms with van der Waals surface area (Å²) in [5, 5.41) is 9.49. The smallest absolute Gasteiger partial charge is 0.143 e. The minimum atomic E-state index is 0.919.